The van der Waals surface area contributed by atoms with Gasteiger partial charge in [-0.2, -0.15) is 0 Å². The molecule has 7 N–H and O–H groups in total. The number of aliphatic hydroxyl groups is 1. The van der Waals surface area contributed by atoms with Crippen molar-refractivity contribution < 1.29 is 23.7 Å². The summed E-state index contributed by atoms with van der Waals surface area (Å²) in [6.07, 6.45) is -0.810. The Labute approximate surface area is 146 Å². The maximum absolute atomic E-state index is 12.4. The zero-order chi connectivity index (χ0) is 18.9. The van der Waals surface area contributed by atoms with Gasteiger partial charge in [-0.05, 0) is 31.3 Å². The molecule has 0 aliphatic carbocycles. The van der Waals surface area contributed by atoms with Crippen molar-refractivity contribution in [3.05, 3.63) is 0 Å². The summed E-state index contributed by atoms with van der Waals surface area (Å²) in [7, 11) is 1.46. The number of nitrogens with two attached hydrogens (primary N) is 2. The first-order valence-corrected chi connectivity index (χ1v) is 8.50. The smallest absolute Gasteiger partial charge is 0.243 e. The highest BCUT2D eigenvalue weighted by Gasteiger charge is 2.29. The molecule has 0 saturated heterocycles. The van der Waals surface area contributed by atoms with Crippen molar-refractivity contribution >= 4 is 29.8 Å². The molecule has 4 atom stereocenters. The van der Waals surface area contributed by atoms with Crippen molar-refractivity contribution in [2.45, 2.75) is 51.4 Å². The molecule has 24 heavy (non-hydrogen) atoms. The second kappa shape index (κ2) is 11.2. The molecule has 0 fully saturated rings. The molecule has 0 unspecified atom stereocenters. The van der Waals surface area contributed by atoms with Crippen LogP contribution >= 0.6 is 12.0 Å². The van der Waals surface area contributed by atoms with Crippen LogP contribution < -0.4 is 22.1 Å². The average Bonchev–Trinajstić information content (AvgIpc) is 2.47. The quantitative estimate of drug-likeness (QED) is 0.279. The van der Waals surface area contributed by atoms with Crippen LogP contribution in [0.5, 0.6) is 0 Å². The summed E-state index contributed by atoms with van der Waals surface area (Å²) in [5.41, 5.74) is 10.9. The van der Waals surface area contributed by atoms with Crippen molar-refractivity contribution in [3.8, 4) is 0 Å². The first-order valence-electron chi connectivity index (χ1n) is 7.59. The molecule has 0 radical (unpaired) electrons. The highest BCUT2D eigenvalue weighted by atomic mass is 32.2. The summed E-state index contributed by atoms with van der Waals surface area (Å²) in [5.74, 6) is -1.64. The van der Waals surface area contributed by atoms with Gasteiger partial charge in [0.05, 0.1) is 19.3 Å². The molecule has 140 valence electrons. The third kappa shape index (κ3) is 8.48. The number of hydrogen-bond acceptors (Lipinski definition) is 7. The normalized spacial score (nSPS) is 16.1. The fourth-order valence-corrected chi connectivity index (χ4v) is 2.32. The van der Waals surface area contributed by atoms with Crippen molar-refractivity contribution in [2.24, 2.45) is 17.4 Å². The van der Waals surface area contributed by atoms with Gasteiger partial charge in [0, 0.05) is 5.75 Å². The number of nitrogens with one attached hydrogen (secondary N) is 2. The lowest BCUT2D eigenvalue weighted by atomic mass is 10.0. The maximum atomic E-state index is 12.4. The van der Waals surface area contributed by atoms with Crippen molar-refractivity contribution in [3.63, 3.8) is 0 Å². The molecule has 0 aliphatic heterocycles. The molecule has 0 saturated carbocycles. The molecule has 0 aliphatic rings. The van der Waals surface area contributed by atoms with E-state index in [0.29, 0.717) is 6.42 Å². The number of rotatable bonds is 11. The van der Waals surface area contributed by atoms with Gasteiger partial charge in [-0.15, -0.1) is 0 Å². The van der Waals surface area contributed by atoms with E-state index in [2.05, 4.69) is 10.6 Å². The number of primary amides is 1. The summed E-state index contributed by atoms with van der Waals surface area (Å²) in [5, 5.41) is 14.4. The summed E-state index contributed by atoms with van der Waals surface area (Å²) in [4.78, 5) is 35.7. The average molecular weight is 364 g/mol. The number of amides is 3. The van der Waals surface area contributed by atoms with E-state index < -0.39 is 42.0 Å². The van der Waals surface area contributed by atoms with Crippen molar-refractivity contribution in [1.29, 1.82) is 0 Å². The zero-order valence-corrected chi connectivity index (χ0v) is 15.3. The molecule has 0 aromatic heterocycles. The Balaban J connectivity index is 4.95. The minimum atomic E-state index is -1.23. The number of hydrogen-bond donors (Lipinski definition) is 5. The largest absolute Gasteiger partial charge is 0.391 e. The van der Waals surface area contributed by atoms with Gasteiger partial charge in [-0.25, -0.2) is 0 Å². The maximum Gasteiger partial charge on any atom is 0.243 e. The second-order valence-corrected chi connectivity index (χ2v) is 6.78. The van der Waals surface area contributed by atoms with Crippen molar-refractivity contribution in [1.82, 2.24) is 10.6 Å². The van der Waals surface area contributed by atoms with E-state index in [4.69, 9.17) is 15.7 Å². The molecular weight excluding hydrogens is 336 g/mol. The fourth-order valence-electron chi connectivity index (χ4n) is 1.88. The van der Waals surface area contributed by atoms with Gasteiger partial charge >= 0.3 is 0 Å². The van der Waals surface area contributed by atoms with Crippen LogP contribution in [0.1, 0.15) is 27.2 Å². The molecule has 3 amide bonds. The van der Waals surface area contributed by atoms with Gasteiger partial charge in [-0.1, -0.05) is 13.8 Å². The summed E-state index contributed by atoms with van der Waals surface area (Å²) in [6.45, 7) is 5.10. The molecule has 0 aromatic rings. The summed E-state index contributed by atoms with van der Waals surface area (Å²) in [6, 6.07) is -2.97. The molecule has 0 rings (SSSR count). The van der Waals surface area contributed by atoms with Crippen LogP contribution in [-0.4, -0.2) is 59.9 Å². The Morgan fingerprint density at radius 3 is 2.17 bits per heavy atom. The fraction of sp³-hybridized carbons (Fsp3) is 0.786. The van der Waals surface area contributed by atoms with Gasteiger partial charge in [0.2, 0.25) is 17.7 Å². The second-order valence-electron chi connectivity index (χ2n) is 5.88. The van der Waals surface area contributed by atoms with Gasteiger partial charge in [0.15, 0.2) is 0 Å². The van der Waals surface area contributed by atoms with E-state index >= 15 is 0 Å². The molecule has 0 aromatic carbocycles. The number of carbonyl (C=O) groups is 3. The highest BCUT2D eigenvalue weighted by molar-refractivity contribution is 7.94. The van der Waals surface area contributed by atoms with Crippen LogP contribution in [0.15, 0.2) is 0 Å². The zero-order valence-electron chi connectivity index (χ0n) is 14.4. The Bertz CT molecular complexity index is 433. The first-order chi connectivity index (χ1) is 11.1. The van der Waals surface area contributed by atoms with E-state index in [1.165, 1.54) is 14.0 Å². The molecule has 0 spiro atoms. The lowest BCUT2D eigenvalue weighted by molar-refractivity contribution is -0.133. The third-order valence-electron chi connectivity index (χ3n) is 3.13. The van der Waals surface area contributed by atoms with Crippen LogP contribution in [0.25, 0.3) is 0 Å². The van der Waals surface area contributed by atoms with E-state index in [0.717, 1.165) is 12.0 Å². The summed E-state index contributed by atoms with van der Waals surface area (Å²) >= 11 is 1.03. The lowest BCUT2D eigenvalue weighted by Crippen LogP contribution is -2.58. The lowest BCUT2D eigenvalue weighted by Gasteiger charge is -2.25. The van der Waals surface area contributed by atoms with Crippen LogP contribution in [0.2, 0.25) is 0 Å². The first kappa shape index (κ1) is 22.6. The van der Waals surface area contributed by atoms with Gasteiger partial charge in [0.25, 0.3) is 0 Å². The Morgan fingerprint density at radius 1 is 1.17 bits per heavy atom. The van der Waals surface area contributed by atoms with Crippen LogP contribution in [0.4, 0.5) is 0 Å². The van der Waals surface area contributed by atoms with Gasteiger partial charge in [-0.3, -0.25) is 14.4 Å². The van der Waals surface area contributed by atoms with Gasteiger partial charge in [0.1, 0.15) is 12.1 Å². The van der Waals surface area contributed by atoms with Crippen LogP contribution in [0.3, 0.4) is 0 Å². The van der Waals surface area contributed by atoms with E-state index in [1.807, 2.05) is 13.8 Å². The number of carbonyl (C=O) groups excluding carboxylic acids is 3. The SMILES string of the molecule is COSC[C@H](N)C(=O)N[C@@H](CC(C)C)C(=O)N[C@H](C(N)=O)[C@@H](C)O. The van der Waals surface area contributed by atoms with E-state index in [-0.39, 0.29) is 11.7 Å². The standard InChI is InChI=1S/C14H28N4O5S/c1-7(2)5-10(17-13(21)9(15)6-24-23-4)14(22)18-11(8(3)19)12(16)20/h7-11,19H,5-6,15H2,1-4H3,(H2,16,20)(H,17,21)(H,18,22)/t8-,9+,10+,11+/m1/s1. The Kier molecular flexibility index (Phi) is 10.6. The third-order valence-corrected chi connectivity index (χ3v) is 3.86. The predicted octanol–water partition coefficient (Wildman–Crippen LogP) is -1.51. The Hall–Kier alpha value is -1.36. The minimum Gasteiger partial charge on any atom is -0.391 e. The highest BCUT2D eigenvalue weighted by Crippen LogP contribution is 2.07. The molecule has 0 heterocycles. The van der Waals surface area contributed by atoms with Crippen LogP contribution in [0, 0.1) is 5.92 Å². The van der Waals surface area contributed by atoms with Crippen LogP contribution in [-0.2, 0) is 18.6 Å². The van der Waals surface area contributed by atoms with E-state index in [9.17, 15) is 19.5 Å². The topological polar surface area (TPSA) is 157 Å². The van der Waals surface area contributed by atoms with Crippen molar-refractivity contribution in [2.75, 3.05) is 12.9 Å². The molecule has 9 nitrogen and oxygen atoms in total. The summed E-state index contributed by atoms with van der Waals surface area (Å²) < 4.78 is 4.78. The predicted molar refractivity (Wildman–Crippen MR) is 91.6 cm³/mol. The number of aliphatic hydroxyl groups excluding tert-OH is 1. The van der Waals surface area contributed by atoms with Gasteiger partial charge < -0.3 is 31.4 Å². The van der Waals surface area contributed by atoms with E-state index in [1.54, 1.807) is 0 Å². The minimum absolute atomic E-state index is 0.101. The molecular formula is C14H28N4O5S. The Morgan fingerprint density at radius 2 is 1.75 bits per heavy atom. The monoisotopic (exact) mass is 364 g/mol. The molecule has 0 bridgehead atoms. The molecule has 10 heteroatoms.